The first kappa shape index (κ1) is 14.7. The molecule has 5 nitrogen and oxygen atoms in total. The van der Waals surface area contributed by atoms with Gasteiger partial charge in [-0.2, -0.15) is 5.10 Å². The summed E-state index contributed by atoms with van der Waals surface area (Å²) in [4.78, 5) is 23.1. The van der Waals surface area contributed by atoms with Crippen molar-refractivity contribution in [1.82, 2.24) is 5.43 Å². The first-order valence-corrected chi connectivity index (χ1v) is 6.48. The number of hydrogen-bond acceptors (Lipinski definition) is 3. The minimum atomic E-state index is -0.850. The van der Waals surface area contributed by atoms with Gasteiger partial charge in [-0.15, -0.1) is 0 Å². The molecule has 0 fully saturated rings. The Morgan fingerprint density at radius 2 is 1.76 bits per heavy atom. The summed E-state index contributed by atoms with van der Waals surface area (Å²) in [5.41, 5.74) is 3.40. The second-order valence-corrected chi connectivity index (χ2v) is 4.51. The Bertz CT molecular complexity index is 672. The van der Waals surface area contributed by atoms with Crippen molar-refractivity contribution < 1.29 is 9.59 Å². The van der Waals surface area contributed by atoms with Gasteiger partial charge in [-0.25, -0.2) is 5.43 Å². The highest BCUT2D eigenvalue weighted by Gasteiger charge is 2.12. The van der Waals surface area contributed by atoms with Crippen molar-refractivity contribution in [3.05, 3.63) is 65.2 Å². The monoisotopic (exact) mass is 301 g/mol. The Kier molecular flexibility index (Phi) is 5.06. The fourth-order valence-corrected chi connectivity index (χ4v) is 1.71. The van der Waals surface area contributed by atoms with Crippen LogP contribution in [0.4, 0.5) is 5.69 Å². The molecule has 0 bridgehead atoms. The molecule has 0 spiro atoms. The molecule has 2 rings (SSSR count). The number of nitrogens with zero attached hydrogens (tertiary/aromatic N) is 1. The van der Waals surface area contributed by atoms with Crippen LogP contribution in [0.5, 0.6) is 0 Å². The highest BCUT2D eigenvalue weighted by Crippen LogP contribution is 2.08. The predicted octanol–water partition coefficient (Wildman–Crippen LogP) is 2.43. The Balaban J connectivity index is 1.88. The summed E-state index contributed by atoms with van der Waals surface area (Å²) < 4.78 is 0. The van der Waals surface area contributed by atoms with Gasteiger partial charge in [0.1, 0.15) is 0 Å². The number of carbonyl (C=O) groups excluding carboxylic acids is 2. The van der Waals surface area contributed by atoms with E-state index < -0.39 is 11.8 Å². The molecule has 0 unspecified atom stereocenters. The lowest BCUT2D eigenvalue weighted by Crippen LogP contribution is -2.32. The summed E-state index contributed by atoms with van der Waals surface area (Å²) in [7, 11) is 0. The SMILES string of the molecule is O=C(NN=Cc1cccc(Cl)c1)C(=O)Nc1ccccc1. The minimum absolute atomic E-state index is 0.538. The highest BCUT2D eigenvalue weighted by molar-refractivity contribution is 6.39. The lowest BCUT2D eigenvalue weighted by molar-refractivity contribution is -0.136. The number of rotatable bonds is 3. The number of hydrazone groups is 1. The molecule has 2 amide bonds. The molecule has 0 radical (unpaired) electrons. The van der Waals surface area contributed by atoms with E-state index in [9.17, 15) is 9.59 Å². The summed E-state index contributed by atoms with van der Waals surface area (Å²) in [6.45, 7) is 0. The number of carbonyl (C=O) groups is 2. The fraction of sp³-hybridized carbons (Fsp3) is 0. The molecular weight excluding hydrogens is 290 g/mol. The van der Waals surface area contributed by atoms with Crippen LogP contribution in [0.3, 0.4) is 0 Å². The van der Waals surface area contributed by atoms with Crippen molar-refractivity contribution in [3.63, 3.8) is 0 Å². The third-order valence-corrected chi connectivity index (χ3v) is 2.70. The van der Waals surface area contributed by atoms with Gasteiger partial charge >= 0.3 is 11.8 Å². The third-order valence-electron chi connectivity index (χ3n) is 2.47. The van der Waals surface area contributed by atoms with E-state index in [2.05, 4.69) is 15.8 Å². The van der Waals surface area contributed by atoms with Crippen molar-refractivity contribution >= 4 is 35.3 Å². The number of para-hydroxylation sites is 1. The van der Waals surface area contributed by atoms with Gasteiger partial charge in [-0.05, 0) is 29.8 Å². The third kappa shape index (κ3) is 4.74. The van der Waals surface area contributed by atoms with Gasteiger partial charge in [-0.1, -0.05) is 41.9 Å². The van der Waals surface area contributed by atoms with Gasteiger partial charge in [0.25, 0.3) is 0 Å². The van der Waals surface area contributed by atoms with Crippen LogP contribution in [0.15, 0.2) is 59.7 Å². The summed E-state index contributed by atoms with van der Waals surface area (Å²) in [5.74, 6) is -1.64. The van der Waals surface area contributed by atoms with Crippen molar-refractivity contribution in [2.45, 2.75) is 0 Å². The van der Waals surface area contributed by atoms with Crippen LogP contribution >= 0.6 is 11.6 Å². The number of nitrogens with one attached hydrogen (secondary N) is 2. The first-order chi connectivity index (χ1) is 10.1. The maximum absolute atomic E-state index is 11.6. The molecular formula is C15H12ClN3O2. The highest BCUT2D eigenvalue weighted by atomic mass is 35.5. The second-order valence-electron chi connectivity index (χ2n) is 4.07. The number of halogens is 1. The largest absolute Gasteiger partial charge is 0.329 e. The molecule has 21 heavy (non-hydrogen) atoms. The maximum atomic E-state index is 11.6. The Morgan fingerprint density at radius 3 is 2.48 bits per heavy atom. The van der Waals surface area contributed by atoms with Crippen molar-refractivity contribution in [2.24, 2.45) is 5.10 Å². The Labute approximate surface area is 126 Å². The van der Waals surface area contributed by atoms with E-state index >= 15 is 0 Å². The molecule has 2 aromatic rings. The molecule has 0 aliphatic heterocycles. The Morgan fingerprint density at radius 1 is 1.00 bits per heavy atom. The summed E-state index contributed by atoms with van der Waals surface area (Å²) in [6, 6.07) is 15.6. The standard InChI is InChI=1S/C15H12ClN3O2/c16-12-6-4-5-11(9-12)10-17-19-15(21)14(20)18-13-7-2-1-3-8-13/h1-10H,(H,18,20)(H,19,21). The van der Waals surface area contributed by atoms with Crippen molar-refractivity contribution in [3.8, 4) is 0 Å². The number of amides is 2. The van der Waals surface area contributed by atoms with Crippen LogP contribution in [0, 0.1) is 0 Å². The zero-order valence-electron chi connectivity index (χ0n) is 10.9. The molecule has 0 atom stereocenters. The van der Waals surface area contributed by atoms with Gasteiger partial charge in [0.15, 0.2) is 0 Å². The molecule has 0 saturated heterocycles. The van der Waals surface area contributed by atoms with Crippen LogP contribution in [-0.4, -0.2) is 18.0 Å². The zero-order chi connectivity index (χ0) is 15.1. The van der Waals surface area contributed by atoms with E-state index in [1.165, 1.54) is 6.21 Å². The molecule has 0 aliphatic rings. The smallest absolute Gasteiger partial charge is 0.318 e. The van der Waals surface area contributed by atoms with E-state index in [1.54, 1.807) is 48.5 Å². The van der Waals surface area contributed by atoms with Gasteiger partial charge in [0.05, 0.1) is 6.21 Å². The number of hydrogen-bond donors (Lipinski definition) is 2. The molecule has 2 aromatic carbocycles. The van der Waals surface area contributed by atoms with Crippen LogP contribution in [0.25, 0.3) is 0 Å². The lowest BCUT2D eigenvalue weighted by Gasteiger charge is -2.03. The van der Waals surface area contributed by atoms with Crippen molar-refractivity contribution in [1.29, 1.82) is 0 Å². The molecule has 0 aliphatic carbocycles. The van der Waals surface area contributed by atoms with E-state index in [0.29, 0.717) is 16.3 Å². The average Bonchev–Trinajstić information content (AvgIpc) is 2.48. The second kappa shape index (κ2) is 7.21. The minimum Gasteiger partial charge on any atom is -0.318 e. The first-order valence-electron chi connectivity index (χ1n) is 6.10. The van der Waals surface area contributed by atoms with E-state index in [4.69, 9.17) is 11.6 Å². The fourth-order valence-electron chi connectivity index (χ4n) is 1.51. The zero-order valence-corrected chi connectivity index (χ0v) is 11.7. The van der Waals surface area contributed by atoms with Gasteiger partial charge in [0, 0.05) is 10.7 Å². The van der Waals surface area contributed by atoms with Gasteiger partial charge in [-0.3, -0.25) is 9.59 Å². The topological polar surface area (TPSA) is 70.6 Å². The van der Waals surface area contributed by atoms with Gasteiger partial charge in [0.2, 0.25) is 0 Å². The summed E-state index contributed by atoms with van der Waals surface area (Å²) >= 11 is 5.81. The molecule has 106 valence electrons. The van der Waals surface area contributed by atoms with Crippen LogP contribution in [-0.2, 0) is 9.59 Å². The number of anilines is 1. The van der Waals surface area contributed by atoms with Crippen molar-refractivity contribution in [2.75, 3.05) is 5.32 Å². The quantitative estimate of drug-likeness (QED) is 0.519. The normalized spacial score (nSPS) is 10.3. The van der Waals surface area contributed by atoms with Gasteiger partial charge < -0.3 is 5.32 Å². The Hall–Kier alpha value is -2.66. The molecule has 0 saturated carbocycles. The van der Waals surface area contributed by atoms with E-state index in [-0.39, 0.29) is 0 Å². The van der Waals surface area contributed by atoms with Crippen LogP contribution in [0.1, 0.15) is 5.56 Å². The number of benzene rings is 2. The van der Waals surface area contributed by atoms with E-state index in [0.717, 1.165) is 0 Å². The maximum Gasteiger partial charge on any atom is 0.329 e. The summed E-state index contributed by atoms with van der Waals surface area (Å²) in [5, 5.41) is 6.72. The molecule has 0 heterocycles. The molecule has 2 N–H and O–H groups in total. The predicted molar refractivity (Wildman–Crippen MR) is 82.3 cm³/mol. The summed E-state index contributed by atoms with van der Waals surface area (Å²) in [6.07, 6.45) is 1.40. The lowest BCUT2D eigenvalue weighted by atomic mass is 10.2. The van der Waals surface area contributed by atoms with Crippen LogP contribution < -0.4 is 10.7 Å². The van der Waals surface area contributed by atoms with E-state index in [1.807, 2.05) is 6.07 Å². The molecule has 0 aromatic heterocycles. The average molecular weight is 302 g/mol. The molecule has 6 heteroatoms. The van der Waals surface area contributed by atoms with Crippen LogP contribution in [0.2, 0.25) is 5.02 Å².